The summed E-state index contributed by atoms with van der Waals surface area (Å²) in [4.78, 5) is 25.6. The number of ether oxygens (including phenoxy) is 1. The number of ketones is 1. The van der Waals surface area contributed by atoms with Crippen LogP contribution in [0.3, 0.4) is 0 Å². The van der Waals surface area contributed by atoms with Crippen LogP contribution in [0.25, 0.3) is 6.08 Å². The van der Waals surface area contributed by atoms with E-state index >= 15 is 0 Å². The molecule has 3 rings (SSSR count). The van der Waals surface area contributed by atoms with Gasteiger partial charge in [-0.2, -0.15) is 0 Å². The fourth-order valence-electron chi connectivity index (χ4n) is 4.17. The van der Waals surface area contributed by atoms with Crippen LogP contribution >= 0.6 is 0 Å². The highest BCUT2D eigenvalue weighted by Crippen LogP contribution is 2.45. The fourth-order valence-corrected chi connectivity index (χ4v) is 4.17. The highest BCUT2D eigenvalue weighted by atomic mass is 16.5. The number of rotatable bonds is 3. The van der Waals surface area contributed by atoms with Gasteiger partial charge in [0.15, 0.2) is 5.78 Å². The molecule has 0 aromatic heterocycles. The quantitative estimate of drug-likeness (QED) is 0.807. The Kier molecular flexibility index (Phi) is 5.09. The van der Waals surface area contributed by atoms with E-state index in [9.17, 15) is 9.59 Å². The third-order valence-electron chi connectivity index (χ3n) is 5.29. The Morgan fingerprint density at radius 2 is 1.89 bits per heavy atom. The normalized spacial score (nSPS) is 22.3. The Morgan fingerprint density at radius 1 is 1.22 bits per heavy atom. The number of methoxy groups -OCH3 is 1. The van der Waals surface area contributed by atoms with Crippen LogP contribution in [0.1, 0.15) is 46.1 Å². The van der Waals surface area contributed by atoms with Crippen LogP contribution < -0.4 is 5.32 Å². The van der Waals surface area contributed by atoms with Gasteiger partial charge >= 0.3 is 5.97 Å². The Balaban J connectivity index is 2.15. The number of carbonyl (C=O) groups is 2. The molecule has 0 spiro atoms. The first kappa shape index (κ1) is 19.2. The van der Waals surface area contributed by atoms with Gasteiger partial charge in [-0.15, -0.1) is 0 Å². The molecule has 4 heteroatoms. The molecule has 4 nitrogen and oxygen atoms in total. The molecule has 0 saturated heterocycles. The van der Waals surface area contributed by atoms with Gasteiger partial charge in [-0.3, -0.25) is 4.79 Å². The highest BCUT2D eigenvalue weighted by Gasteiger charge is 2.42. The van der Waals surface area contributed by atoms with Crippen molar-refractivity contribution in [3.8, 4) is 0 Å². The van der Waals surface area contributed by atoms with Crippen LogP contribution in [0.5, 0.6) is 0 Å². The van der Waals surface area contributed by atoms with Crippen molar-refractivity contribution in [3.63, 3.8) is 0 Å². The maximum atomic E-state index is 13.1. The molecule has 0 radical (unpaired) electrons. The van der Waals surface area contributed by atoms with E-state index in [2.05, 4.69) is 19.2 Å². The predicted molar refractivity (Wildman–Crippen MR) is 106 cm³/mol. The molecule has 0 fully saturated rings. The van der Waals surface area contributed by atoms with Crippen molar-refractivity contribution in [2.24, 2.45) is 11.3 Å². The van der Waals surface area contributed by atoms with Gasteiger partial charge in [0.1, 0.15) is 0 Å². The van der Waals surface area contributed by atoms with Crippen molar-refractivity contribution < 1.29 is 14.3 Å². The minimum atomic E-state index is -0.394. The number of allylic oxidation sites excluding steroid dienone is 4. The summed E-state index contributed by atoms with van der Waals surface area (Å²) in [5.41, 5.74) is 4.85. The molecule has 0 bridgehead atoms. The average Bonchev–Trinajstić information content (AvgIpc) is 2.59. The second kappa shape index (κ2) is 7.18. The second-order valence-corrected chi connectivity index (χ2v) is 8.22. The van der Waals surface area contributed by atoms with Crippen LogP contribution in [0, 0.1) is 11.3 Å². The zero-order valence-electron chi connectivity index (χ0n) is 16.7. The van der Waals surface area contributed by atoms with Gasteiger partial charge in [0.25, 0.3) is 0 Å². The highest BCUT2D eigenvalue weighted by molar-refractivity contribution is 6.03. The zero-order valence-corrected chi connectivity index (χ0v) is 16.7. The molecule has 1 heterocycles. The Labute approximate surface area is 161 Å². The monoisotopic (exact) mass is 365 g/mol. The topological polar surface area (TPSA) is 55.4 Å². The number of dihydropyridines is 1. The standard InChI is InChI=1S/C23H27NO3/c1-14(11-16-9-7-6-8-10-16)19-20(22(26)27-5)15(2)24-17-12-23(3,4)13-18(25)21(17)19/h6-11,19,24H,12-13H2,1-5H3/b14-11-. The van der Waals surface area contributed by atoms with Gasteiger partial charge in [0.05, 0.1) is 12.7 Å². The zero-order chi connectivity index (χ0) is 19.8. The molecule has 142 valence electrons. The third kappa shape index (κ3) is 3.75. The molecule has 27 heavy (non-hydrogen) atoms. The molecular formula is C23H27NO3. The number of nitrogens with one attached hydrogen (secondary N) is 1. The van der Waals surface area contributed by atoms with Gasteiger partial charge in [-0.1, -0.05) is 55.8 Å². The summed E-state index contributed by atoms with van der Waals surface area (Å²) in [7, 11) is 1.38. The summed E-state index contributed by atoms with van der Waals surface area (Å²) in [5.74, 6) is -0.666. The van der Waals surface area contributed by atoms with Crippen molar-refractivity contribution in [1.29, 1.82) is 0 Å². The van der Waals surface area contributed by atoms with Gasteiger partial charge in [0.2, 0.25) is 0 Å². The third-order valence-corrected chi connectivity index (χ3v) is 5.29. The number of esters is 1. The van der Waals surface area contributed by atoms with E-state index in [-0.39, 0.29) is 17.1 Å². The van der Waals surface area contributed by atoms with E-state index in [0.717, 1.165) is 29.0 Å². The van der Waals surface area contributed by atoms with Crippen LogP contribution in [0.2, 0.25) is 0 Å². The minimum Gasteiger partial charge on any atom is -0.466 e. The van der Waals surface area contributed by atoms with E-state index in [1.165, 1.54) is 7.11 Å². The first-order chi connectivity index (χ1) is 12.7. The molecule has 0 saturated carbocycles. The van der Waals surface area contributed by atoms with Crippen molar-refractivity contribution in [1.82, 2.24) is 5.32 Å². The molecule has 1 aromatic rings. The maximum Gasteiger partial charge on any atom is 0.336 e. The van der Waals surface area contributed by atoms with Crippen LogP contribution in [0.4, 0.5) is 0 Å². The first-order valence-electron chi connectivity index (χ1n) is 9.29. The van der Waals surface area contributed by atoms with E-state index in [1.807, 2.05) is 50.3 Å². The molecule has 1 aromatic carbocycles. The van der Waals surface area contributed by atoms with Gasteiger partial charge in [-0.05, 0) is 31.2 Å². The lowest BCUT2D eigenvalue weighted by Crippen LogP contribution is -2.39. The molecule has 1 N–H and O–H groups in total. The second-order valence-electron chi connectivity index (χ2n) is 8.22. The van der Waals surface area contributed by atoms with Gasteiger partial charge in [0, 0.05) is 29.3 Å². The van der Waals surface area contributed by atoms with E-state index in [1.54, 1.807) is 0 Å². The molecule has 1 unspecified atom stereocenters. The summed E-state index contributed by atoms with van der Waals surface area (Å²) in [6.45, 7) is 8.07. The lowest BCUT2D eigenvalue weighted by atomic mass is 9.68. The van der Waals surface area contributed by atoms with E-state index < -0.39 is 5.97 Å². The number of Topliss-reactive ketones (excluding diaryl/α,β-unsaturated/α-hetero) is 1. The van der Waals surface area contributed by atoms with Crippen molar-refractivity contribution >= 4 is 17.8 Å². The van der Waals surface area contributed by atoms with Crippen molar-refractivity contribution in [3.05, 3.63) is 64.0 Å². The molecule has 0 amide bonds. The van der Waals surface area contributed by atoms with Gasteiger partial charge in [-0.25, -0.2) is 4.79 Å². The molecule has 1 aliphatic heterocycles. The number of hydrogen-bond donors (Lipinski definition) is 1. The summed E-state index contributed by atoms with van der Waals surface area (Å²) < 4.78 is 5.05. The molecule has 1 atom stereocenters. The molecule has 2 aliphatic rings. The number of carbonyl (C=O) groups excluding carboxylic acids is 2. The smallest absolute Gasteiger partial charge is 0.336 e. The minimum absolute atomic E-state index is 0.0897. The summed E-state index contributed by atoms with van der Waals surface area (Å²) in [5, 5.41) is 3.33. The van der Waals surface area contributed by atoms with Crippen molar-refractivity contribution in [2.75, 3.05) is 7.11 Å². The largest absolute Gasteiger partial charge is 0.466 e. The molecular weight excluding hydrogens is 338 g/mol. The number of benzene rings is 1. The van der Waals surface area contributed by atoms with Crippen LogP contribution in [-0.4, -0.2) is 18.9 Å². The maximum absolute atomic E-state index is 13.1. The Hall–Kier alpha value is -2.62. The lowest BCUT2D eigenvalue weighted by molar-refractivity contribution is -0.136. The van der Waals surface area contributed by atoms with E-state index in [0.29, 0.717) is 17.6 Å². The van der Waals surface area contributed by atoms with Crippen LogP contribution in [0.15, 0.2) is 58.4 Å². The predicted octanol–water partition coefficient (Wildman–Crippen LogP) is 4.40. The van der Waals surface area contributed by atoms with E-state index in [4.69, 9.17) is 4.74 Å². The summed E-state index contributed by atoms with van der Waals surface area (Å²) in [6.07, 6.45) is 3.31. The van der Waals surface area contributed by atoms with Crippen molar-refractivity contribution in [2.45, 2.75) is 40.5 Å². The Morgan fingerprint density at radius 3 is 2.52 bits per heavy atom. The summed E-state index contributed by atoms with van der Waals surface area (Å²) in [6, 6.07) is 9.94. The lowest BCUT2D eigenvalue weighted by Gasteiger charge is -2.39. The summed E-state index contributed by atoms with van der Waals surface area (Å²) >= 11 is 0. The first-order valence-corrected chi connectivity index (χ1v) is 9.29. The SMILES string of the molecule is COC(=O)C1=C(C)NC2=C(C(=O)CC(C)(C)C2)C1/C(C)=C\c1ccccc1. The molecule has 1 aliphatic carbocycles. The average molecular weight is 365 g/mol. The number of hydrogen-bond acceptors (Lipinski definition) is 4. The van der Waals surface area contributed by atoms with Crippen LogP contribution in [-0.2, 0) is 14.3 Å². The fraction of sp³-hybridized carbons (Fsp3) is 0.391. The Bertz CT molecular complexity index is 872. The van der Waals surface area contributed by atoms with Gasteiger partial charge < -0.3 is 10.1 Å².